The zero-order chi connectivity index (χ0) is 51.5. The van der Waals surface area contributed by atoms with E-state index in [9.17, 15) is 13.2 Å². The third-order valence-corrected chi connectivity index (χ3v) is 14.6. The van der Waals surface area contributed by atoms with Crippen LogP contribution >= 0.6 is 0 Å². The highest BCUT2D eigenvalue weighted by atomic mass is 19.4. The van der Waals surface area contributed by atoms with E-state index in [1.54, 1.807) is 6.07 Å². The number of rotatable bonds is 8. The second-order valence-electron chi connectivity index (χ2n) is 18.9. The van der Waals surface area contributed by atoms with Crippen LogP contribution in [-0.2, 0) is 6.18 Å². The molecule has 0 bridgehead atoms. The van der Waals surface area contributed by atoms with E-state index < -0.39 is 11.7 Å². The second kappa shape index (κ2) is 18.4. The fourth-order valence-corrected chi connectivity index (χ4v) is 11.1. The zero-order valence-corrected chi connectivity index (χ0v) is 40.6. The maximum Gasteiger partial charge on any atom is 0.415 e. The largest absolute Gasteiger partial charge is 0.415 e. The summed E-state index contributed by atoms with van der Waals surface area (Å²) in [5.74, 6) is 0. The van der Waals surface area contributed by atoms with Gasteiger partial charge in [0.1, 0.15) is 0 Å². The van der Waals surface area contributed by atoms with E-state index in [-0.39, 0.29) is 5.69 Å². The molecule has 358 valence electrons. The first-order chi connectivity index (χ1) is 37.2. The smallest absolute Gasteiger partial charge is 0.310 e. The van der Waals surface area contributed by atoms with Gasteiger partial charge in [-0.25, -0.2) is 9.69 Å². The molecule has 76 heavy (non-hydrogen) atoms. The van der Waals surface area contributed by atoms with Crippen molar-refractivity contribution in [2.75, 3.05) is 0 Å². The fourth-order valence-electron chi connectivity index (χ4n) is 11.1. The molecule has 0 fully saturated rings. The van der Waals surface area contributed by atoms with Crippen molar-refractivity contribution in [2.24, 2.45) is 0 Å². The van der Waals surface area contributed by atoms with Gasteiger partial charge in [-0.15, -0.1) is 0 Å². The molecule has 0 unspecified atom stereocenters. The van der Waals surface area contributed by atoms with E-state index in [4.69, 9.17) is 13.1 Å². The molecule has 0 aliphatic carbocycles. The van der Waals surface area contributed by atoms with Crippen molar-refractivity contribution in [3.05, 3.63) is 277 Å². The molecule has 0 saturated heterocycles. The normalized spacial score (nSPS) is 11.6. The molecule has 2 aromatic heterocycles. The summed E-state index contributed by atoms with van der Waals surface area (Å²) in [4.78, 5) is 8.03. The van der Waals surface area contributed by atoms with Crippen molar-refractivity contribution in [3.63, 3.8) is 0 Å². The molecule has 0 aliphatic heterocycles. The van der Waals surface area contributed by atoms with Crippen molar-refractivity contribution in [2.45, 2.75) is 6.18 Å². The standard InChI is InChI=1S/C69H41F3N4/c1-73-59-26-16-28-66(76-63-37-31-50(46-21-11-5-12-22-46)41-57(63)58-42-51(32-38-64(58)76)47-23-13-6-14-24-47)68(59)67-54(53-34-33-52(69(70,71)72)43-60(53)74-2)25-15-27-65(67)75-61-35-29-48(44-17-7-3-8-18-44)39-55(61)56-40-49(30-36-62(56)75)45-19-9-4-10-20-45/h3-43H. The number of halogens is 3. The van der Waals surface area contributed by atoms with Crippen LogP contribution in [0.15, 0.2) is 249 Å². The Labute approximate surface area is 436 Å². The Morgan fingerprint density at radius 1 is 0.303 bits per heavy atom. The van der Waals surface area contributed by atoms with Gasteiger partial charge < -0.3 is 9.13 Å². The fraction of sp³-hybridized carbons (Fsp3) is 0.0145. The number of fused-ring (bicyclic) bond motifs is 6. The summed E-state index contributed by atoms with van der Waals surface area (Å²) in [7, 11) is 0. The first-order valence-electron chi connectivity index (χ1n) is 24.9. The van der Waals surface area contributed by atoms with E-state index in [1.807, 2.05) is 103 Å². The Morgan fingerprint density at radius 2 is 0.671 bits per heavy atom. The first kappa shape index (κ1) is 45.6. The number of benzene rings is 11. The summed E-state index contributed by atoms with van der Waals surface area (Å²) in [5, 5.41) is 3.99. The lowest BCUT2D eigenvalue weighted by atomic mass is 9.89. The van der Waals surface area contributed by atoms with E-state index in [0.717, 1.165) is 100 Å². The summed E-state index contributed by atoms with van der Waals surface area (Å²) >= 11 is 0. The molecule has 0 spiro atoms. The highest BCUT2D eigenvalue weighted by Crippen LogP contribution is 2.51. The van der Waals surface area contributed by atoms with Gasteiger partial charge in [0.2, 0.25) is 0 Å². The predicted molar refractivity (Wildman–Crippen MR) is 305 cm³/mol. The molecule has 0 amide bonds. The second-order valence-corrected chi connectivity index (χ2v) is 18.9. The minimum absolute atomic E-state index is 0.156. The SMILES string of the molecule is [C-]#[N+]c1cc(C(F)(F)F)ccc1-c1cccc(-n2c3ccc(-c4ccccc4)cc3c3cc(-c4ccccc4)ccc32)c1-c1c([N+]#[C-])cccc1-n1c2ccc(-c3ccccc3)cc2c2cc(-c3ccccc3)ccc21. The number of hydrogen-bond acceptors (Lipinski definition) is 0. The van der Waals surface area contributed by atoms with Gasteiger partial charge in [-0.05, 0) is 122 Å². The zero-order valence-electron chi connectivity index (χ0n) is 40.6. The van der Waals surface area contributed by atoms with Crippen molar-refractivity contribution in [3.8, 4) is 78.1 Å². The van der Waals surface area contributed by atoms with Crippen LogP contribution in [0.2, 0.25) is 0 Å². The Morgan fingerprint density at radius 3 is 1.04 bits per heavy atom. The molecule has 0 saturated carbocycles. The van der Waals surface area contributed by atoms with Crippen LogP contribution < -0.4 is 0 Å². The van der Waals surface area contributed by atoms with E-state index in [2.05, 4.69) is 140 Å². The molecular weight excluding hydrogens is 942 g/mol. The number of aromatic nitrogens is 2. The lowest BCUT2D eigenvalue weighted by Gasteiger charge is -2.23. The highest BCUT2D eigenvalue weighted by Gasteiger charge is 2.32. The third-order valence-electron chi connectivity index (χ3n) is 14.6. The van der Waals surface area contributed by atoms with Crippen molar-refractivity contribution in [1.82, 2.24) is 9.13 Å². The van der Waals surface area contributed by atoms with Gasteiger partial charge in [-0.2, -0.15) is 13.2 Å². The third kappa shape index (κ3) is 7.69. The molecule has 0 atom stereocenters. The lowest BCUT2D eigenvalue weighted by Crippen LogP contribution is -2.05. The average molecular weight is 983 g/mol. The van der Waals surface area contributed by atoms with Crippen molar-refractivity contribution < 1.29 is 13.2 Å². The summed E-state index contributed by atoms with van der Waals surface area (Å²) < 4.78 is 47.8. The maximum absolute atomic E-state index is 14.5. The molecule has 4 nitrogen and oxygen atoms in total. The summed E-state index contributed by atoms with van der Waals surface area (Å²) in [5.41, 5.74) is 14.6. The van der Waals surface area contributed by atoms with E-state index >= 15 is 0 Å². The van der Waals surface area contributed by atoms with Gasteiger partial charge >= 0.3 is 6.18 Å². The molecule has 2 heterocycles. The van der Waals surface area contributed by atoms with Gasteiger partial charge in [0, 0.05) is 43.9 Å². The molecule has 13 rings (SSSR count). The minimum Gasteiger partial charge on any atom is -0.310 e. The molecule has 13 aromatic rings. The molecular formula is C69H41F3N4. The van der Waals surface area contributed by atoms with Crippen LogP contribution in [0.5, 0.6) is 0 Å². The van der Waals surface area contributed by atoms with Crippen molar-refractivity contribution >= 4 is 55.0 Å². The van der Waals surface area contributed by atoms with Crippen LogP contribution in [0, 0.1) is 13.1 Å². The van der Waals surface area contributed by atoms with Crippen LogP contribution in [0.1, 0.15) is 5.56 Å². The quantitative estimate of drug-likeness (QED) is 0.135. The highest BCUT2D eigenvalue weighted by molar-refractivity contribution is 6.15. The average Bonchev–Trinajstić information content (AvgIpc) is 4.03. The number of nitrogens with zero attached hydrogens (tertiary/aromatic N) is 4. The Balaban J connectivity index is 1.16. The monoisotopic (exact) mass is 982 g/mol. The van der Waals surface area contributed by atoms with Crippen molar-refractivity contribution in [1.29, 1.82) is 0 Å². The van der Waals surface area contributed by atoms with Crippen LogP contribution in [0.25, 0.3) is 131 Å². The summed E-state index contributed by atoms with van der Waals surface area (Å²) in [6.45, 7) is 17.3. The van der Waals surface area contributed by atoms with Gasteiger partial charge in [0.05, 0.1) is 40.9 Å². The molecule has 7 heteroatoms. The van der Waals surface area contributed by atoms with Gasteiger partial charge in [0.15, 0.2) is 11.4 Å². The lowest BCUT2D eigenvalue weighted by molar-refractivity contribution is -0.137. The van der Waals surface area contributed by atoms with Crippen LogP contribution in [-0.4, -0.2) is 9.13 Å². The summed E-state index contributed by atoms with van der Waals surface area (Å²) in [6.07, 6.45) is -4.68. The van der Waals surface area contributed by atoms with Crippen LogP contribution in [0.3, 0.4) is 0 Å². The van der Waals surface area contributed by atoms with Gasteiger partial charge in [-0.3, -0.25) is 0 Å². The van der Waals surface area contributed by atoms with Gasteiger partial charge in [0.25, 0.3) is 0 Å². The molecule has 0 aliphatic rings. The van der Waals surface area contributed by atoms with E-state index in [1.165, 1.54) is 6.07 Å². The molecule has 0 radical (unpaired) electrons. The number of hydrogen-bond donors (Lipinski definition) is 0. The Hall–Kier alpha value is -10.2. The van der Waals surface area contributed by atoms with Crippen LogP contribution in [0.4, 0.5) is 24.5 Å². The number of alkyl halides is 3. The topological polar surface area (TPSA) is 18.6 Å². The van der Waals surface area contributed by atoms with E-state index in [0.29, 0.717) is 39.3 Å². The Kier molecular flexibility index (Phi) is 11.0. The summed E-state index contributed by atoms with van der Waals surface area (Å²) in [6, 6.07) is 81.8. The molecule has 0 N–H and O–H groups in total. The molecule has 11 aromatic carbocycles. The first-order valence-corrected chi connectivity index (χ1v) is 24.9. The van der Waals surface area contributed by atoms with Gasteiger partial charge in [-0.1, -0.05) is 182 Å². The predicted octanol–water partition coefficient (Wildman–Crippen LogP) is 20.0. The maximum atomic E-state index is 14.5. The minimum atomic E-state index is -4.68. The Bertz CT molecular complexity index is 4310.